The molecular weight excluding hydrogens is 470 g/mol. The molecule has 38 heavy (non-hydrogen) atoms. The second-order valence-electron chi connectivity index (χ2n) is 9.85. The van der Waals surface area contributed by atoms with Gasteiger partial charge in [0.05, 0.1) is 5.56 Å². The number of rotatable bonds is 7. The van der Waals surface area contributed by atoms with Gasteiger partial charge in [0.2, 0.25) is 0 Å². The van der Waals surface area contributed by atoms with Gasteiger partial charge >= 0.3 is 5.97 Å². The third-order valence-corrected chi connectivity index (χ3v) is 7.06. The van der Waals surface area contributed by atoms with Gasteiger partial charge in [0.15, 0.2) is 0 Å². The number of hydrogen-bond donors (Lipinski definition) is 0. The van der Waals surface area contributed by atoms with Crippen molar-refractivity contribution in [1.29, 1.82) is 0 Å². The van der Waals surface area contributed by atoms with Crippen LogP contribution in [-0.2, 0) is 6.42 Å². The molecular formula is C34H33NO3. The zero-order valence-corrected chi connectivity index (χ0v) is 22.2. The Morgan fingerprint density at radius 1 is 0.711 bits per heavy atom. The van der Waals surface area contributed by atoms with Crippen LogP contribution in [0.5, 0.6) is 11.5 Å². The van der Waals surface area contributed by atoms with Gasteiger partial charge in [0.25, 0.3) is 0 Å². The van der Waals surface area contributed by atoms with E-state index >= 15 is 0 Å². The summed E-state index contributed by atoms with van der Waals surface area (Å²) in [5.74, 6) is 1.00. The molecule has 0 saturated heterocycles. The van der Waals surface area contributed by atoms with Crippen LogP contribution in [0, 0.1) is 0 Å². The molecule has 5 rings (SSSR count). The molecule has 0 aliphatic heterocycles. The van der Waals surface area contributed by atoms with E-state index < -0.39 is 0 Å². The first kappa shape index (κ1) is 25.5. The van der Waals surface area contributed by atoms with Crippen molar-refractivity contribution in [2.45, 2.75) is 32.4 Å². The first-order valence-corrected chi connectivity index (χ1v) is 13.1. The molecule has 0 bridgehead atoms. The van der Waals surface area contributed by atoms with Crippen LogP contribution in [0.4, 0.5) is 0 Å². The lowest BCUT2D eigenvalue weighted by atomic mass is 9.81. The fraction of sp³-hybridized carbons (Fsp3) is 0.206. The number of carbonyl (C=O) groups excluding carboxylic acids is 1. The molecule has 0 aromatic heterocycles. The largest absolute Gasteiger partial charge is 0.475 e. The summed E-state index contributed by atoms with van der Waals surface area (Å²) in [5.41, 5.74) is 8.00. The van der Waals surface area contributed by atoms with E-state index in [1.165, 1.54) is 22.3 Å². The zero-order valence-electron chi connectivity index (χ0n) is 22.2. The Hall–Kier alpha value is -4.15. The van der Waals surface area contributed by atoms with Crippen LogP contribution >= 0.6 is 0 Å². The highest BCUT2D eigenvalue weighted by Gasteiger charge is 2.20. The van der Waals surface area contributed by atoms with E-state index in [1.807, 2.05) is 80.5 Å². The third kappa shape index (κ3) is 5.71. The van der Waals surface area contributed by atoms with Crippen molar-refractivity contribution in [1.82, 2.24) is 4.90 Å². The lowest BCUT2D eigenvalue weighted by Crippen LogP contribution is -2.30. The molecule has 4 heteroatoms. The van der Waals surface area contributed by atoms with E-state index in [2.05, 4.69) is 36.4 Å². The molecule has 1 aliphatic carbocycles. The molecule has 0 fully saturated rings. The average Bonchev–Trinajstić information content (AvgIpc) is 2.95. The van der Waals surface area contributed by atoms with Crippen molar-refractivity contribution in [3.63, 3.8) is 0 Å². The number of ether oxygens (including phenoxy) is 2. The topological polar surface area (TPSA) is 38.8 Å². The Morgan fingerprint density at radius 3 is 1.97 bits per heavy atom. The van der Waals surface area contributed by atoms with Gasteiger partial charge in [0, 0.05) is 0 Å². The second kappa shape index (κ2) is 11.5. The monoisotopic (exact) mass is 503 g/mol. The predicted molar refractivity (Wildman–Crippen MR) is 153 cm³/mol. The van der Waals surface area contributed by atoms with Gasteiger partial charge in [0.1, 0.15) is 17.7 Å². The van der Waals surface area contributed by atoms with Crippen molar-refractivity contribution in [2.24, 2.45) is 0 Å². The van der Waals surface area contributed by atoms with Crippen molar-refractivity contribution < 1.29 is 14.3 Å². The zero-order chi connectivity index (χ0) is 26.5. The van der Waals surface area contributed by atoms with Crippen LogP contribution < -0.4 is 9.47 Å². The maximum atomic E-state index is 12.5. The van der Waals surface area contributed by atoms with Gasteiger partial charge < -0.3 is 9.47 Å². The number of esters is 1. The Morgan fingerprint density at radius 2 is 1.32 bits per heavy atom. The Kier molecular flexibility index (Phi) is 7.71. The fourth-order valence-corrected chi connectivity index (χ4v) is 4.83. The number of fused-ring (bicyclic) bond motifs is 1. The lowest BCUT2D eigenvalue weighted by molar-refractivity contribution is 0.0734. The summed E-state index contributed by atoms with van der Waals surface area (Å²) >= 11 is 0. The number of aryl methyl sites for hydroxylation is 1. The molecule has 0 heterocycles. The minimum atomic E-state index is -0.360. The molecule has 0 radical (unpaired) electrons. The summed E-state index contributed by atoms with van der Waals surface area (Å²) in [6, 6.07) is 34.0. The Labute approximate surface area is 225 Å². The van der Waals surface area contributed by atoms with Crippen LogP contribution in [0.1, 0.15) is 52.4 Å². The summed E-state index contributed by atoms with van der Waals surface area (Å²) in [6.45, 7) is 2.03. The molecule has 192 valence electrons. The summed E-state index contributed by atoms with van der Waals surface area (Å²) < 4.78 is 11.7. The minimum Gasteiger partial charge on any atom is -0.475 e. The van der Waals surface area contributed by atoms with Crippen molar-refractivity contribution in [3.05, 3.63) is 131 Å². The lowest BCUT2D eigenvalue weighted by Gasteiger charge is -2.24. The maximum Gasteiger partial charge on any atom is 0.343 e. The molecule has 1 atom stereocenters. The predicted octanol–water partition coefficient (Wildman–Crippen LogP) is 7.49. The number of benzene rings is 4. The molecule has 4 aromatic carbocycles. The van der Waals surface area contributed by atoms with Gasteiger partial charge in [-0.1, -0.05) is 66.7 Å². The molecule has 0 N–H and O–H groups in total. The SMILES string of the molecule is CC(Oc1ccc(C(=C2CCCc3ccccc32)c2ccc(OC(=O)c3ccccc3)cc2)cc1)N(C)C. The van der Waals surface area contributed by atoms with Gasteiger partial charge in [-0.2, -0.15) is 0 Å². The number of nitrogens with zero attached hydrogens (tertiary/aromatic N) is 1. The van der Waals surface area contributed by atoms with Crippen LogP contribution in [0.3, 0.4) is 0 Å². The highest BCUT2D eigenvalue weighted by Crippen LogP contribution is 2.40. The third-order valence-electron chi connectivity index (χ3n) is 7.06. The highest BCUT2D eigenvalue weighted by molar-refractivity contribution is 5.99. The minimum absolute atomic E-state index is 0.0185. The molecule has 4 nitrogen and oxygen atoms in total. The van der Waals surface area contributed by atoms with Gasteiger partial charge in [-0.05, 0) is 110 Å². The van der Waals surface area contributed by atoms with Gasteiger partial charge in [-0.3, -0.25) is 4.90 Å². The average molecular weight is 504 g/mol. The van der Waals surface area contributed by atoms with E-state index in [-0.39, 0.29) is 12.2 Å². The van der Waals surface area contributed by atoms with E-state index in [1.54, 1.807) is 12.1 Å². The first-order chi connectivity index (χ1) is 18.5. The molecule has 0 saturated carbocycles. The normalized spacial score (nSPS) is 14.9. The molecule has 1 unspecified atom stereocenters. The molecule has 4 aromatic rings. The Balaban J connectivity index is 1.51. The van der Waals surface area contributed by atoms with E-state index in [0.717, 1.165) is 36.1 Å². The highest BCUT2D eigenvalue weighted by atomic mass is 16.5. The fourth-order valence-electron chi connectivity index (χ4n) is 4.83. The van der Waals surface area contributed by atoms with E-state index in [4.69, 9.17) is 9.47 Å². The quantitative estimate of drug-likeness (QED) is 0.149. The first-order valence-electron chi connectivity index (χ1n) is 13.1. The van der Waals surface area contributed by atoms with Crippen molar-refractivity contribution in [2.75, 3.05) is 14.1 Å². The standard InChI is InChI=1S/C34H33NO3/c1-24(35(2)3)37-29-20-16-26(17-21-29)33(32-15-9-13-25-10-7-8-14-31(25)32)27-18-22-30(23-19-27)38-34(36)28-11-5-4-6-12-28/h4-8,10-12,14,16-24H,9,13,15H2,1-3H3. The van der Waals surface area contributed by atoms with Gasteiger partial charge in [-0.15, -0.1) is 0 Å². The van der Waals surface area contributed by atoms with Crippen LogP contribution in [0.2, 0.25) is 0 Å². The van der Waals surface area contributed by atoms with E-state index in [0.29, 0.717) is 11.3 Å². The smallest absolute Gasteiger partial charge is 0.343 e. The van der Waals surface area contributed by atoms with Crippen LogP contribution in [-0.4, -0.2) is 31.2 Å². The van der Waals surface area contributed by atoms with Gasteiger partial charge in [-0.25, -0.2) is 4.79 Å². The summed E-state index contributed by atoms with van der Waals surface area (Å²) in [4.78, 5) is 14.6. The molecule has 0 spiro atoms. The van der Waals surface area contributed by atoms with Crippen molar-refractivity contribution in [3.8, 4) is 11.5 Å². The van der Waals surface area contributed by atoms with Crippen LogP contribution in [0.25, 0.3) is 11.1 Å². The Bertz CT molecular complexity index is 1420. The molecule has 0 amide bonds. The number of hydrogen-bond acceptors (Lipinski definition) is 4. The van der Waals surface area contributed by atoms with Crippen LogP contribution in [0.15, 0.2) is 103 Å². The number of carbonyl (C=O) groups is 1. The summed E-state index contributed by atoms with van der Waals surface area (Å²) in [7, 11) is 4.01. The second-order valence-corrected chi connectivity index (χ2v) is 9.85. The molecule has 1 aliphatic rings. The van der Waals surface area contributed by atoms with Crippen molar-refractivity contribution >= 4 is 17.1 Å². The van der Waals surface area contributed by atoms with E-state index in [9.17, 15) is 4.79 Å². The number of allylic oxidation sites excluding steroid dienone is 1. The summed E-state index contributed by atoms with van der Waals surface area (Å²) in [5, 5.41) is 0. The maximum absolute atomic E-state index is 12.5. The summed E-state index contributed by atoms with van der Waals surface area (Å²) in [6.07, 6.45) is 3.20.